The third-order valence-corrected chi connectivity index (χ3v) is 5.98. The van der Waals surface area contributed by atoms with Crippen molar-refractivity contribution in [3.63, 3.8) is 0 Å². The molecule has 0 spiro atoms. The van der Waals surface area contributed by atoms with Gasteiger partial charge >= 0.3 is 5.97 Å². The zero-order valence-electron chi connectivity index (χ0n) is 14.2. The first kappa shape index (κ1) is 19.3. The number of sulfonamides is 1. The van der Waals surface area contributed by atoms with Crippen LogP contribution in [0.15, 0.2) is 29.2 Å². The Bertz CT molecular complexity index is 778. The Morgan fingerprint density at radius 1 is 1.16 bits per heavy atom. The van der Waals surface area contributed by atoms with Gasteiger partial charge in [0, 0.05) is 18.7 Å². The van der Waals surface area contributed by atoms with E-state index in [4.69, 9.17) is 4.74 Å². The predicted octanol–water partition coefficient (Wildman–Crippen LogP) is 1.42. The van der Waals surface area contributed by atoms with E-state index in [2.05, 4.69) is 0 Å². The molecule has 1 saturated heterocycles. The Morgan fingerprint density at radius 2 is 1.80 bits per heavy atom. The van der Waals surface area contributed by atoms with E-state index in [1.807, 2.05) is 0 Å². The summed E-state index contributed by atoms with van der Waals surface area (Å²) >= 11 is 0. The van der Waals surface area contributed by atoms with Crippen LogP contribution < -0.4 is 0 Å². The number of rotatable bonds is 6. The molecule has 1 aliphatic heterocycles. The van der Waals surface area contributed by atoms with E-state index in [0.29, 0.717) is 18.4 Å². The van der Waals surface area contributed by atoms with Gasteiger partial charge in [0.15, 0.2) is 11.6 Å². The molecule has 0 N–H and O–H groups in total. The van der Waals surface area contributed by atoms with Gasteiger partial charge in [-0.2, -0.15) is 4.31 Å². The average Bonchev–Trinajstić information content (AvgIpc) is 2.59. The molecule has 0 atom stereocenters. The summed E-state index contributed by atoms with van der Waals surface area (Å²) in [5.74, 6) is -1.32. The van der Waals surface area contributed by atoms with Crippen LogP contribution in [0.4, 0.5) is 0 Å². The van der Waals surface area contributed by atoms with Crippen molar-refractivity contribution in [3.05, 3.63) is 29.8 Å². The summed E-state index contributed by atoms with van der Waals surface area (Å²) in [6.45, 7) is 2.83. The van der Waals surface area contributed by atoms with Gasteiger partial charge in [0.25, 0.3) is 0 Å². The molecule has 0 radical (unpaired) electrons. The van der Waals surface area contributed by atoms with Crippen LogP contribution in [0.2, 0.25) is 0 Å². The monoisotopic (exact) mass is 367 g/mol. The van der Waals surface area contributed by atoms with Crippen molar-refractivity contribution in [1.29, 1.82) is 0 Å². The highest BCUT2D eigenvalue weighted by Crippen LogP contribution is 2.25. The molecule has 1 fully saturated rings. The molecule has 0 aliphatic carbocycles. The number of hydrogen-bond acceptors (Lipinski definition) is 6. The molecule has 1 aliphatic rings. The van der Waals surface area contributed by atoms with Gasteiger partial charge in [0.05, 0.1) is 10.8 Å². The van der Waals surface area contributed by atoms with Gasteiger partial charge in [-0.1, -0.05) is 12.1 Å². The Hall–Kier alpha value is -2.06. The van der Waals surface area contributed by atoms with E-state index < -0.39 is 21.9 Å². The normalized spacial score (nSPS) is 16.4. The molecule has 7 nitrogen and oxygen atoms in total. The van der Waals surface area contributed by atoms with Crippen LogP contribution in [-0.2, 0) is 24.3 Å². The highest BCUT2D eigenvalue weighted by molar-refractivity contribution is 7.89. The van der Waals surface area contributed by atoms with Crippen molar-refractivity contribution in [2.45, 2.75) is 31.6 Å². The lowest BCUT2D eigenvalue weighted by atomic mass is 9.98. The number of Topliss-reactive ketones (excluding diaryl/α,β-unsaturated/α-hetero) is 2. The molecule has 1 heterocycles. The molecule has 0 aromatic heterocycles. The van der Waals surface area contributed by atoms with E-state index in [0.717, 1.165) is 0 Å². The van der Waals surface area contributed by atoms with Crippen molar-refractivity contribution < 1.29 is 27.5 Å². The number of benzene rings is 1. The summed E-state index contributed by atoms with van der Waals surface area (Å²) in [6, 6.07) is 5.92. The summed E-state index contributed by atoms with van der Waals surface area (Å²) in [6.07, 6.45) is 0.671. The second kappa shape index (κ2) is 7.88. The lowest BCUT2D eigenvalue weighted by molar-refractivity contribution is -0.152. The second-order valence-corrected chi connectivity index (χ2v) is 8.01. The number of piperidine rings is 1. The minimum atomic E-state index is -3.72. The van der Waals surface area contributed by atoms with Crippen LogP contribution in [0.1, 0.15) is 37.0 Å². The van der Waals surface area contributed by atoms with Crippen molar-refractivity contribution in [1.82, 2.24) is 4.31 Å². The van der Waals surface area contributed by atoms with E-state index in [1.54, 1.807) is 6.07 Å². The van der Waals surface area contributed by atoms with Crippen molar-refractivity contribution in [2.24, 2.45) is 5.92 Å². The SMILES string of the molecule is CC(=O)COC(=O)C1CCN(S(=O)(=O)c2cccc(C(C)=O)c2)CC1. The number of carbonyl (C=O) groups is 3. The summed E-state index contributed by atoms with van der Waals surface area (Å²) in [5, 5.41) is 0. The molecule has 0 saturated carbocycles. The maximum absolute atomic E-state index is 12.7. The fourth-order valence-electron chi connectivity index (χ4n) is 2.65. The van der Waals surface area contributed by atoms with Crippen molar-refractivity contribution in [3.8, 4) is 0 Å². The second-order valence-electron chi connectivity index (χ2n) is 6.07. The molecule has 1 aromatic carbocycles. The third-order valence-electron chi connectivity index (χ3n) is 4.08. The summed E-state index contributed by atoms with van der Waals surface area (Å²) in [5.41, 5.74) is 0.337. The molecule has 0 bridgehead atoms. The third kappa shape index (κ3) is 4.73. The standard InChI is InChI=1S/C17H21NO6S/c1-12(19)11-24-17(21)14-6-8-18(9-7-14)25(22,23)16-5-3-4-15(10-16)13(2)20/h3-5,10,14H,6-9,11H2,1-2H3. The number of esters is 1. The zero-order valence-corrected chi connectivity index (χ0v) is 15.0. The molecule has 8 heteroatoms. The highest BCUT2D eigenvalue weighted by Gasteiger charge is 2.33. The number of ketones is 2. The molecule has 2 rings (SSSR count). The fourth-order valence-corrected chi connectivity index (χ4v) is 4.16. The number of hydrogen-bond donors (Lipinski definition) is 0. The van der Waals surface area contributed by atoms with E-state index >= 15 is 0 Å². The largest absolute Gasteiger partial charge is 0.457 e. The van der Waals surface area contributed by atoms with Crippen LogP contribution in [0.5, 0.6) is 0 Å². The summed E-state index contributed by atoms with van der Waals surface area (Å²) in [4.78, 5) is 34.2. The minimum absolute atomic E-state index is 0.0674. The van der Waals surface area contributed by atoms with Crippen molar-refractivity contribution >= 4 is 27.6 Å². The summed E-state index contributed by atoms with van der Waals surface area (Å²) < 4.78 is 31.6. The van der Waals surface area contributed by atoms with E-state index in [-0.39, 0.29) is 36.2 Å². The van der Waals surface area contributed by atoms with Gasteiger partial charge in [-0.15, -0.1) is 0 Å². The first-order valence-corrected chi connectivity index (χ1v) is 9.43. The molecule has 25 heavy (non-hydrogen) atoms. The first-order chi connectivity index (χ1) is 11.7. The van der Waals surface area contributed by atoms with Gasteiger partial charge in [-0.3, -0.25) is 14.4 Å². The Morgan fingerprint density at radius 3 is 2.36 bits per heavy atom. The summed E-state index contributed by atoms with van der Waals surface area (Å²) in [7, 11) is -3.72. The van der Waals surface area contributed by atoms with Crippen LogP contribution >= 0.6 is 0 Å². The van der Waals surface area contributed by atoms with Crippen molar-refractivity contribution in [2.75, 3.05) is 19.7 Å². The molecule has 0 unspecified atom stereocenters. The van der Waals surface area contributed by atoms with Gasteiger partial charge in [-0.05, 0) is 38.8 Å². The molecule has 0 amide bonds. The Labute approximate surface area is 147 Å². The average molecular weight is 367 g/mol. The topological polar surface area (TPSA) is 97.8 Å². The maximum atomic E-state index is 12.7. The Kier molecular flexibility index (Phi) is 6.07. The molecular formula is C17H21NO6S. The lowest BCUT2D eigenvalue weighted by Crippen LogP contribution is -2.40. The van der Waals surface area contributed by atoms with Crippen LogP contribution in [0, 0.1) is 5.92 Å². The molecular weight excluding hydrogens is 346 g/mol. The van der Waals surface area contributed by atoms with Gasteiger partial charge in [0.1, 0.15) is 6.61 Å². The lowest BCUT2D eigenvalue weighted by Gasteiger charge is -2.30. The number of nitrogens with zero attached hydrogens (tertiary/aromatic N) is 1. The predicted molar refractivity (Wildman–Crippen MR) is 89.6 cm³/mol. The zero-order chi connectivity index (χ0) is 18.6. The minimum Gasteiger partial charge on any atom is -0.457 e. The smallest absolute Gasteiger partial charge is 0.309 e. The number of ether oxygens (including phenoxy) is 1. The van der Waals surface area contributed by atoms with Gasteiger partial charge in [-0.25, -0.2) is 8.42 Å². The maximum Gasteiger partial charge on any atom is 0.309 e. The molecule has 1 aromatic rings. The Balaban J connectivity index is 2.04. The first-order valence-electron chi connectivity index (χ1n) is 7.99. The fraction of sp³-hybridized carbons (Fsp3) is 0.471. The van der Waals surface area contributed by atoms with Gasteiger partial charge < -0.3 is 4.74 Å². The highest BCUT2D eigenvalue weighted by atomic mass is 32.2. The van der Waals surface area contributed by atoms with Crippen LogP contribution in [0.25, 0.3) is 0 Å². The quantitative estimate of drug-likeness (QED) is 0.557. The molecule has 136 valence electrons. The van der Waals surface area contributed by atoms with Gasteiger partial charge in [0.2, 0.25) is 10.0 Å². The number of carbonyl (C=O) groups excluding carboxylic acids is 3. The van der Waals surface area contributed by atoms with Crippen LogP contribution in [0.3, 0.4) is 0 Å². The van der Waals surface area contributed by atoms with E-state index in [1.165, 1.54) is 36.4 Å². The van der Waals surface area contributed by atoms with E-state index in [9.17, 15) is 22.8 Å². The van der Waals surface area contributed by atoms with Crippen LogP contribution in [-0.4, -0.2) is 50.0 Å².